The van der Waals surface area contributed by atoms with Crippen LogP contribution in [0.3, 0.4) is 0 Å². The molecule has 0 radical (unpaired) electrons. The number of benzene rings is 1. The molecule has 3 rings (SSSR count). The van der Waals surface area contributed by atoms with E-state index in [1.807, 2.05) is 0 Å². The first-order chi connectivity index (χ1) is 13.6. The first kappa shape index (κ1) is 20.9. The Kier molecular flexibility index (Phi) is 7.54. The minimum Gasteiger partial charge on any atom is -0.491 e. The smallest absolute Gasteiger partial charge is 0.201 e. The average Bonchev–Trinajstić information content (AvgIpc) is 2.72. The minimum atomic E-state index is -0.939. The van der Waals surface area contributed by atoms with Crippen LogP contribution in [0.1, 0.15) is 70.8 Å². The summed E-state index contributed by atoms with van der Waals surface area (Å²) in [6, 6.07) is 2.98. The highest BCUT2D eigenvalue weighted by atomic mass is 19.2. The summed E-state index contributed by atoms with van der Waals surface area (Å²) < 4.78 is 33.2. The van der Waals surface area contributed by atoms with Crippen molar-refractivity contribution >= 4 is 0 Å². The predicted octanol–water partition coefficient (Wildman–Crippen LogP) is 6.90. The molecule has 0 aromatic heterocycles. The fourth-order valence-corrected chi connectivity index (χ4v) is 4.89. The van der Waals surface area contributed by atoms with Gasteiger partial charge in [0.25, 0.3) is 0 Å². The highest BCUT2D eigenvalue weighted by molar-refractivity contribution is 5.41. The maximum Gasteiger partial charge on any atom is 0.201 e. The molecule has 2 fully saturated rings. The van der Waals surface area contributed by atoms with E-state index in [2.05, 4.69) is 30.9 Å². The molecule has 1 nitrogen and oxygen atoms in total. The highest BCUT2D eigenvalue weighted by Gasteiger charge is 2.29. The van der Waals surface area contributed by atoms with Crippen LogP contribution in [0.15, 0.2) is 24.3 Å². The number of hydrogen-bond donors (Lipinski definition) is 0. The normalized spacial score (nSPS) is 28.0. The Morgan fingerprint density at radius 3 is 2.21 bits per heavy atom. The largest absolute Gasteiger partial charge is 0.491 e. The van der Waals surface area contributed by atoms with Crippen LogP contribution in [0.2, 0.25) is 0 Å². The van der Waals surface area contributed by atoms with Gasteiger partial charge in [0, 0.05) is 5.92 Å². The molecule has 2 aliphatic rings. The summed E-state index contributed by atoms with van der Waals surface area (Å²) in [5.74, 6) is 6.97. The van der Waals surface area contributed by atoms with Crippen molar-refractivity contribution in [3.63, 3.8) is 0 Å². The molecule has 0 saturated heterocycles. The van der Waals surface area contributed by atoms with Gasteiger partial charge < -0.3 is 4.74 Å². The van der Waals surface area contributed by atoms with Crippen LogP contribution < -0.4 is 4.74 Å². The summed E-state index contributed by atoms with van der Waals surface area (Å²) in [7, 11) is 0. The summed E-state index contributed by atoms with van der Waals surface area (Å²) in [5, 5.41) is 0. The van der Waals surface area contributed by atoms with Crippen LogP contribution >= 0.6 is 0 Å². The van der Waals surface area contributed by atoms with Gasteiger partial charge in [-0.2, -0.15) is 4.39 Å². The Labute approximate surface area is 168 Å². The van der Waals surface area contributed by atoms with E-state index in [4.69, 9.17) is 4.74 Å². The van der Waals surface area contributed by atoms with Crippen molar-refractivity contribution in [3.8, 4) is 17.6 Å². The van der Waals surface area contributed by atoms with Gasteiger partial charge in [-0.15, -0.1) is 0 Å². The molecule has 1 aromatic rings. The van der Waals surface area contributed by atoms with Crippen LogP contribution in [0.5, 0.6) is 5.75 Å². The van der Waals surface area contributed by atoms with Gasteiger partial charge in [0.2, 0.25) is 5.82 Å². The lowest BCUT2D eigenvalue weighted by atomic mass is 9.69. The number of hydrogen-bond acceptors (Lipinski definition) is 1. The predicted molar refractivity (Wildman–Crippen MR) is 110 cm³/mol. The molecule has 0 amide bonds. The lowest BCUT2D eigenvalue weighted by Gasteiger charge is -2.36. The fourth-order valence-electron chi connectivity index (χ4n) is 4.89. The van der Waals surface area contributed by atoms with E-state index >= 15 is 0 Å². The molecule has 152 valence electrons. The van der Waals surface area contributed by atoms with Gasteiger partial charge in [-0.3, -0.25) is 0 Å². The molecule has 0 heterocycles. The minimum absolute atomic E-state index is 0.0461. The Hall–Kier alpha value is -1.82. The monoisotopic (exact) mass is 386 g/mol. The maximum atomic E-state index is 14.2. The molecule has 3 heteroatoms. The van der Waals surface area contributed by atoms with Gasteiger partial charge in [0.15, 0.2) is 11.6 Å². The van der Waals surface area contributed by atoms with Crippen molar-refractivity contribution in [2.75, 3.05) is 6.61 Å². The maximum absolute atomic E-state index is 14.2. The number of ether oxygens (including phenoxy) is 1. The van der Waals surface area contributed by atoms with E-state index < -0.39 is 11.6 Å². The molecule has 0 aliphatic heterocycles. The van der Waals surface area contributed by atoms with Crippen LogP contribution in [0.4, 0.5) is 8.78 Å². The SMILES string of the molecule is CC=CC1CCC(C2CCC(C#Cc3ccc(OCC)c(F)c3F)CC2)CC1. The van der Waals surface area contributed by atoms with Crippen molar-refractivity contribution in [2.45, 2.75) is 65.2 Å². The quantitative estimate of drug-likeness (QED) is 0.404. The van der Waals surface area contributed by atoms with Crippen molar-refractivity contribution in [2.24, 2.45) is 23.7 Å². The number of halogens is 2. The summed E-state index contributed by atoms with van der Waals surface area (Å²) in [6.45, 7) is 4.17. The average molecular weight is 387 g/mol. The van der Waals surface area contributed by atoms with Gasteiger partial charge in [-0.25, -0.2) is 4.39 Å². The second kappa shape index (κ2) is 10.1. The van der Waals surface area contributed by atoms with E-state index in [-0.39, 0.29) is 11.3 Å². The molecule has 0 unspecified atom stereocenters. The van der Waals surface area contributed by atoms with Gasteiger partial charge in [-0.1, -0.05) is 24.0 Å². The third-order valence-electron chi connectivity index (χ3n) is 6.48. The third kappa shape index (κ3) is 5.16. The second-order valence-corrected chi connectivity index (χ2v) is 8.25. The van der Waals surface area contributed by atoms with Crippen molar-refractivity contribution in [1.29, 1.82) is 0 Å². The van der Waals surface area contributed by atoms with Crippen LogP contribution in [-0.4, -0.2) is 6.61 Å². The van der Waals surface area contributed by atoms with Gasteiger partial charge in [0.05, 0.1) is 12.2 Å². The molecule has 1 aromatic carbocycles. The molecular weight excluding hydrogens is 354 g/mol. The molecule has 28 heavy (non-hydrogen) atoms. The lowest BCUT2D eigenvalue weighted by Crippen LogP contribution is -2.25. The van der Waals surface area contributed by atoms with E-state index in [0.29, 0.717) is 12.5 Å². The summed E-state index contributed by atoms with van der Waals surface area (Å²) in [5.41, 5.74) is 0.130. The van der Waals surface area contributed by atoms with Crippen molar-refractivity contribution in [1.82, 2.24) is 0 Å². The Bertz CT molecular complexity index is 727. The zero-order chi connectivity index (χ0) is 19.9. The lowest BCUT2D eigenvalue weighted by molar-refractivity contribution is 0.168. The van der Waals surface area contributed by atoms with E-state index in [1.165, 1.54) is 50.7 Å². The standard InChI is InChI=1S/C25H32F2O/c1-3-5-18-6-11-20(12-7-18)21-13-8-19(9-14-21)10-15-22-16-17-23(28-4-2)25(27)24(22)26/h3,5,16-21H,4,6-9,11-14H2,1-2H3. The van der Waals surface area contributed by atoms with Crippen LogP contribution in [0, 0.1) is 47.1 Å². The molecule has 2 aliphatic carbocycles. The van der Waals surface area contributed by atoms with E-state index in [9.17, 15) is 8.78 Å². The highest BCUT2D eigenvalue weighted by Crippen LogP contribution is 2.41. The third-order valence-corrected chi connectivity index (χ3v) is 6.48. The molecule has 0 atom stereocenters. The summed E-state index contributed by atoms with van der Waals surface area (Å²) in [6.07, 6.45) is 14.5. The first-order valence-corrected chi connectivity index (χ1v) is 10.9. The topological polar surface area (TPSA) is 9.23 Å². The first-order valence-electron chi connectivity index (χ1n) is 10.9. The van der Waals surface area contributed by atoms with E-state index in [0.717, 1.165) is 30.6 Å². The van der Waals surface area contributed by atoms with Crippen LogP contribution in [0.25, 0.3) is 0 Å². The Morgan fingerprint density at radius 1 is 0.964 bits per heavy atom. The second-order valence-electron chi connectivity index (χ2n) is 8.25. The molecular formula is C25H32F2O. The zero-order valence-corrected chi connectivity index (χ0v) is 17.1. The van der Waals surface area contributed by atoms with Crippen LogP contribution in [-0.2, 0) is 0 Å². The van der Waals surface area contributed by atoms with Crippen molar-refractivity contribution < 1.29 is 13.5 Å². The molecule has 2 saturated carbocycles. The summed E-state index contributed by atoms with van der Waals surface area (Å²) in [4.78, 5) is 0. The number of allylic oxidation sites excluding steroid dienone is 2. The zero-order valence-electron chi connectivity index (χ0n) is 17.1. The molecule has 0 spiro atoms. The fraction of sp³-hybridized carbons (Fsp3) is 0.600. The van der Waals surface area contributed by atoms with Crippen molar-refractivity contribution in [3.05, 3.63) is 41.5 Å². The molecule has 0 bridgehead atoms. The van der Waals surface area contributed by atoms with E-state index in [1.54, 1.807) is 6.92 Å². The molecule has 0 N–H and O–H groups in total. The summed E-state index contributed by atoms with van der Waals surface area (Å²) >= 11 is 0. The van der Waals surface area contributed by atoms with Gasteiger partial charge in [0.1, 0.15) is 0 Å². The van der Waals surface area contributed by atoms with Gasteiger partial charge in [-0.05, 0) is 95.1 Å². The number of rotatable bonds is 4. The Morgan fingerprint density at radius 2 is 1.61 bits per heavy atom. The Balaban J connectivity index is 1.52. The van der Waals surface area contributed by atoms with Gasteiger partial charge >= 0.3 is 0 Å².